The molecule has 0 amide bonds. The van der Waals surface area contributed by atoms with Crippen LogP contribution in [0.15, 0.2) is 12.1 Å². The van der Waals surface area contributed by atoms with Gasteiger partial charge in [0.2, 0.25) is 0 Å². The summed E-state index contributed by atoms with van der Waals surface area (Å²) in [5, 5.41) is 10.6. The predicted octanol–water partition coefficient (Wildman–Crippen LogP) is 3.06. The topological polar surface area (TPSA) is 38.7 Å². The maximum absolute atomic E-state index is 9.98. The van der Waals surface area contributed by atoms with E-state index in [0.29, 0.717) is 11.4 Å². The third kappa shape index (κ3) is 1.61. The van der Waals surface area contributed by atoms with Crippen LogP contribution in [0.2, 0.25) is 5.02 Å². The number of fused-ring (bicyclic) bond motifs is 1. The molecule has 3 nitrogen and oxygen atoms in total. The average molecular weight is 267 g/mol. The van der Waals surface area contributed by atoms with Crippen LogP contribution in [0.25, 0.3) is 0 Å². The molecule has 2 saturated carbocycles. The van der Waals surface area contributed by atoms with Gasteiger partial charge in [0.15, 0.2) is 11.5 Å². The zero-order chi connectivity index (χ0) is 12.4. The molecule has 0 aromatic heterocycles. The minimum absolute atomic E-state index is 0.416. The number of aliphatic hydroxyl groups is 1. The number of rotatable bonds is 2. The first-order valence-corrected chi connectivity index (χ1v) is 6.88. The lowest BCUT2D eigenvalue weighted by atomic mass is 9.91. The standard InChI is InChI=1S/C14H15ClO3/c15-10-7-12-11(17-14(18-12)2-1-3-14)6-9(10)8-13(16)4-5-13/h6-7,16H,1-5,8H2. The molecule has 2 fully saturated rings. The number of hydrogen-bond acceptors (Lipinski definition) is 3. The average Bonchev–Trinajstić information content (AvgIpc) is 2.86. The summed E-state index contributed by atoms with van der Waals surface area (Å²) in [4.78, 5) is 0. The van der Waals surface area contributed by atoms with E-state index >= 15 is 0 Å². The van der Waals surface area contributed by atoms with Crippen LogP contribution in [-0.2, 0) is 6.42 Å². The molecule has 0 saturated heterocycles. The van der Waals surface area contributed by atoms with Crippen LogP contribution in [-0.4, -0.2) is 16.5 Å². The van der Waals surface area contributed by atoms with E-state index in [1.54, 1.807) is 0 Å². The summed E-state index contributed by atoms with van der Waals surface area (Å²) in [6.45, 7) is 0. The lowest BCUT2D eigenvalue weighted by Gasteiger charge is -2.35. The molecule has 0 bridgehead atoms. The Morgan fingerprint density at radius 2 is 1.78 bits per heavy atom. The molecule has 1 N–H and O–H groups in total. The summed E-state index contributed by atoms with van der Waals surface area (Å²) >= 11 is 6.25. The Labute approximate surface area is 111 Å². The molecule has 0 atom stereocenters. The minimum atomic E-state index is -0.536. The van der Waals surface area contributed by atoms with Gasteiger partial charge in [0.25, 0.3) is 5.79 Å². The third-order valence-electron chi connectivity index (χ3n) is 4.17. The fourth-order valence-electron chi connectivity index (χ4n) is 2.64. The van der Waals surface area contributed by atoms with E-state index in [-0.39, 0.29) is 0 Å². The van der Waals surface area contributed by atoms with Gasteiger partial charge in [-0.1, -0.05) is 11.6 Å². The van der Waals surface area contributed by atoms with Crippen LogP contribution in [0.1, 0.15) is 37.7 Å². The molecular weight excluding hydrogens is 252 g/mol. The second kappa shape index (κ2) is 3.34. The SMILES string of the molecule is OC1(Cc2cc3c(cc2Cl)OC2(CCC2)O3)CC1. The molecule has 1 aromatic carbocycles. The number of halogens is 1. The van der Waals surface area contributed by atoms with Crippen LogP contribution in [0.3, 0.4) is 0 Å². The molecule has 1 heterocycles. The Morgan fingerprint density at radius 1 is 1.11 bits per heavy atom. The maximum atomic E-state index is 9.98. The number of benzene rings is 1. The molecular formula is C14H15ClO3. The van der Waals surface area contributed by atoms with Crippen molar-refractivity contribution in [2.24, 2.45) is 0 Å². The Morgan fingerprint density at radius 3 is 2.33 bits per heavy atom. The van der Waals surface area contributed by atoms with E-state index in [2.05, 4.69) is 0 Å². The third-order valence-corrected chi connectivity index (χ3v) is 4.52. The Kier molecular flexibility index (Phi) is 2.03. The molecule has 1 aliphatic heterocycles. The highest BCUT2D eigenvalue weighted by atomic mass is 35.5. The summed E-state index contributed by atoms with van der Waals surface area (Å²) < 4.78 is 11.7. The van der Waals surface area contributed by atoms with Crippen molar-refractivity contribution in [2.45, 2.75) is 49.9 Å². The van der Waals surface area contributed by atoms with Gasteiger partial charge in [-0.15, -0.1) is 0 Å². The van der Waals surface area contributed by atoms with Gasteiger partial charge in [0.05, 0.1) is 5.60 Å². The Balaban J connectivity index is 1.65. The quantitative estimate of drug-likeness (QED) is 0.894. The maximum Gasteiger partial charge on any atom is 0.251 e. The van der Waals surface area contributed by atoms with Crippen molar-refractivity contribution in [1.29, 1.82) is 0 Å². The largest absolute Gasteiger partial charge is 0.448 e. The van der Waals surface area contributed by atoms with Crippen LogP contribution >= 0.6 is 11.6 Å². The van der Waals surface area contributed by atoms with Crippen LogP contribution in [0.4, 0.5) is 0 Å². The lowest BCUT2D eigenvalue weighted by Crippen LogP contribution is -2.45. The molecule has 18 heavy (non-hydrogen) atoms. The van der Waals surface area contributed by atoms with Crippen molar-refractivity contribution in [2.75, 3.05) is 0 Å². The van der Waals surface area contributed by atoms with Crippen molar-refractivity contribution >= 4 is 11.6 Å². The van der Waals surface area contributed by atoms with Crippen LogP contribution in [0, 0.1) is 0 Å². The first-order chi connectivity index (χ1) is 8.58. The molecule has 0 radical (unpaired) electrons. The van der Waals surface area contributed by atoms with E-state index in [9.17, 15) is 5.11 Å². The fourth-order valence-corrected chi connectivity index (χ4v) is 2.86. The normalized spacial score (nSPS) is 25.0. The predicted molar refractivity (Wildman–Crippen MR) is 67.2 cm³/mol. The van der Waals surface area contributed by atoms with Gasteiger partial charge in [0, 0.05) is 30.4 Å². The van der Waals surface area contributed by atoms with E-state index < -0.39 is 11.4 Å². The van der Waals surface area contributed by atoms with E-state index in [4.69, 9.17) is 21.1 Å². The monoisotopic (exact) mass is 266 g/mol. The van der Waals surface area contributed by atoms with Gasteiger partial charge >= 0.3 is 0 Å². The van der Waals surface area contributed by atoms with Crippen LogP contribution < -0.4 is 9.47 Å². The zero-order valence-corrected chi connectivity index (χ0v) is 10.8. The Hall–Kier alpha value is -0.930. The molecule has 1 spiro atoms. The first-order valence-electron chi connectivity index (χ1n) is 6.51. The smallest absolute Gasteiger partial charge is 0.251 e. The Bertz CT molecular complexity index is 518. The summed E-state index contributed by atoms with van der Waals surface area (Å²) in [7, 11) is 0. The summed E-state index contributed by atoms with van der Waals surface area (Å²) in [5.41, 5.74) is 0.418. The van der Waals surface area contributed by atoms with Crippen LogP contribution in [0.5, 0.6) is 11.5 Å². The summed E-state index contributed by atoms with van der Waals surface area (Å²) in [6, 6.07) is 3.76. The summed E-state index contributed by atoms with van der Waals surface area (Å²) in [5.74, 6) is 1.10. The van der Waals surface area contributed by atoms with Crippen molar-refractivity contribution in [3.8, 4) is 11.5 Å². The number of hydrogen-bond donors (Lipinski definition) is 1. The minimum Gasteiger partial charge on any atom is -0.448 e. The summed E-state index contributed by atoms with van der Waals surface area (Å²) in [6.07, 6.45) is 5.37. The number of ether oxygens (including phenoxy) is 2. The van der Waals surface area contributed by atoms with Gasteiger partial charge < -0.3 is 14.6 Å². The van der Waals surface area contributed by atoms with Gasteiger partial charge in [-0.3, -0.25) is 0 Å². The first kappa shape index (κ1) is 10.9. The zero-order valence-electron chi connectivity index (χ0n) is 10.0. The molecule has 0 unspecified atom stereocenters. The molecule has 3 aliphatic rings. The van der Waals surface area contributed by atoms with Gasteiger partial charge in [0.1, 0.15) is 0 Å². The molecule has 4 rings (SSSR count). The van der Waals surface area contributed by atoms with E-state index in [1.165, 1.54) is 0 Å². The van der Waals surface area contributed by atoms with Gasteiger partial charge in [-0.2, -0.15) is 0 Å². The van der Waals surface area contributed by atoms with Crippen molar-refractivity contribution in [1.82, 2.24) is 0 Å². The van der Waals surface area contributed by atoms with Gasteiger partial charge in [-0.25, -0.2) is 0 Å². The molecule has 1 aromatic rings. The van der Waals surface area contributed by atoms with Crippen molar-refractivity contribution < 1.29 is 14.6 Å². The second-order valence-electron chi connectivity index (χ2n) is 5.76. The molecule has 96 valence electrons. The fraction of sp³-hybridized carbons (Fsp3) is 0.571. The highest BCUT2D eigenvalue weighted by Gasteiger charge is 2.48. The highest BCUT2D eigenvalue weighted by molar-refractivity contribution is 6.31. The molecule has 2 aliphatic carbocycles. The van der Waals surface area contributed by atoms with Crippen molar-refractivity contribution in [3.05, 3.63) is 22.7 Å². The van der Waals surface area contributed by atoms with E-state index in [0.717, 1.165) is 49.2 Å². The van der Waals surface area contributed by atoms with Gasteiger partial charge in [-0.05, 0) is 30.9 Å². The second-order valence-corrected chi connectivity index (χ2v) is 6.17. The van der Waals surface area contributed by atoms with E-state index in [1.807, 2.05) is 12.1 Å². The lowest BCUT2D eigenvalue weighted by molar-refractivity contribution is -0.138. The van der Waals surface area contributed by atoms with Crippen molar-refractivity contribution in [3.63, 3.8) is 0 Å². The highest BCUT2D eigenvalue weighted by Crippen LogP contribution is 2.50. The molecule has 4 heteroatoms.